The summed E-state index contributed by atoms with van der Waals surface area (Å²) in [7, 11) is 4.96. The number of nitrogens with zero attached hydrogens (tertiary/aromatic N) is 3. The molecule has 3 rings (SSSR count). The van der Waals surface area contributed by atoms with Crippen LogP contribution in [0.2, 0.25) is 0 Å². The molecule has 0 saturated carbocycles. The molecular formula is C24H30N4O3S. The van der Waals surface area contributed by atoms with E-state index in [1.54, 1.807) is 27.5 Å². The van der Waals surface area contributed by atoms with Crippen molar-refractivity contribution in [3.8, 4) is 17.2 Å². The summed E-state index contributed by atoms with van der Waals surface area (Å²) >= 11 is 5.82. The summed E-state index contributed by atoms with van der Waals surface area (Å²) in [5, 5.41) is 4.00. The molecule has 0 bridgehead atoms. The van der Waals surface area contributed by atoms with Crippen LogP contribution in [0.4, 0.5) is 5.69 Å². The van der Waals surface area contributed by atoms with Crippen molar-refractivity contribution in [2.45, 2.75) is 26.4 Å². The minimum absolute atomic E-state index is 0.594. The highest BCUT2D eigenvalue weighted by Gasteiger charge is 2.16. The first-order valence-electron chi connectivity index (χ1n) is 10.4. The van der Waals surface area contributed by atoms with E-state index in [0.717, 1.165) is 53.6 Å². The zero-order valence-electron chi connectivity index (χ0n) is 19.0. The molecule has 3 aromatic rings. The number of hydrogen-bond acceptors (Lipinski definition) is 5. The van der Waals surface area contributed by atoms with Crippen LogP contribution in [0, 0.1) is 6.92 Å². The Morgan fingerprint density at radius 2 is 1.88 bits per heavy atom. The minimum atomic E-state index is 0.594. The molecule has 2 aromatic carbocycles. The maximum atomic E-state index is 5.82. The summed E-state index contributed by atoms with van der Waals surface area (Å²) in [5.74, 6) is 2.26. The van der Waals surface area contributed by atoms with Gasteiger partial charge in [0.25, 0.3) is 0 Å². The number of aryl methyl sites for hydroxylation is 2. The van der Waals surface area contributed by atoms with E-state index < -0.39 is 0 Å². The normalized spacial score (nSPS) is 10.5. The molecule has 32 heavy (non-hydrogen) atoms. The van der Waals surface area contributed by atoms with E-state index in [2.05, 4.69) is 19.8 Å². The highest BCUT2D eigenvalue weighted by Crippen LogP contribution is 2.28. The summed E-state index contributed by atoms with van der Waals surface area (Å²) in [4.78, 5) is 6.25. The average Bonchev–Trinajstić information content (AvgIpc) is 3.32. The number of thiocarbonyl (C=S) groups is 1. The fraction of sp³-hybridized carbons (Fsp3) is 0.333. The third-order valence-corrected chi connectivity index (χ3v) is 5.50. The second-order valence-corrected chi connectivity index (χ2v) is 7.77. The monoisotopic (exact) mass is 454 g/mol. The summed E-state index contributed by atoms with van der Waals surface area (Å²) in [6.45, 7) is 4.25. The molecule has 1 aromatic heterocycles. The van der Waals surface area contributed by atoms with Crippen LogP contribution in [-0.4, -0.2) is 47.4 Å². The van der Waals surface area contributed by atoms with Gasteiger partial charge in [-0.15, -0.1) is 0 Å². The molecular weight excluding hydrogens is 424 g/mol. The second kappa shape index (κ2) is 11.4. The van der Waals surface area contributed by atoms with Crippen molar-refractivity contribution in [2.75, 3.05) is 33.2 Å². The van der Waals surface area contributed by atoms with Gasteiger partial charge in [-0.25, -0.2) is 4.98 Å². The third kappa shape index (κ3) is 6.13. The maximum absolute atomic E-state index is 5.82. The Hall–Kier alpha value is -3.26. The number of aromatic nitrogens is 2. The maximum Gasteiger partial charge on any atom is 0.173 e. The largest absolute Gasteiger partial charge is 0.497 e. The SMILES string of the molecule is COc1ccc(CN(CCCn2ccnc2)C(=S)Nc2cc(C)ccc2OC)c(OC)c1. The zero-order chi connectivity index (χ0) is 22.9. The van der Waals surface area contributed by atoms with Crippen LogP contribution in [0.5, 0.6) is 17.2 Å². The molecule has 0 amide bonds. The molecule has 1 N–H and O–H groups in total. The van der Waals surface area contributed by atoms with Crippen LogP contribution < -0.4 is 19.5 Å². The zero-order valence-corrected chi connectivity index (χ0v) is 19.8. The first-order valence-corrected chi connectivity index (χ1v) is 10.8. The predicted octanol–water partition coefficient (Wildman–Crippen LogP) is 4.51. The first kappa shape index (κ1) is 23.4. The van der Waals surface area contributed by atoms with Crippen LogP contribution in [0.1, 0.15) is 17.5 Å². The topological polar surface area (TPSA) is 60.8 Å². The van der Waals surface area contributed by atoms with E-state index in [1.165, 1.54) is 0 Å². The molecule has 0 aliphatic rings. The molecule has 0 spiro atoms. The lowest BCUT2D eigenvalue weighted by molar-refractivity contribution is 0.366. The lowest BCUT2D eigenvalue weighted by Gasteiger charge is -2.27. The second-order valence-electron chi connectivity index (χ2n) is 7.39. The van der Waals surface area contributed by atoms with Gasteiger partial charge in [0, 0.05) is 43.7 Å². The highest BCUT2D eigenvalue weighted by molar-refractivity contribution is 7.80. The van der Waals surface area contributed by atoms with E-state index >= 15 is 0 Å². The van der Waals surface area contributed by atoms with E-state index in [0.29, 0.717) is 11.7 Å². The molecule has 0 saturated heterocycles. The molecule has 0 radical (unpaired) electrons. The molecule has 0 aliphatic heterocycles. The van der Waals surface area contributed by atoms with Crippen molar-refractivity contribution in [1.82, 2.24) is 14.5 Å². The Labute approximate surface area is 194 Å². The quantitative estimate of drug-likeness (QED) is 0.452. The van der Waals surface area contributed by atoms with Crippen LogP contribution in [-0.2, 0) is 13.1 Å². The van der Waals surface area contributed by atoms with Gasteiger partial charge in [-0.1, -0.05) is 6.07 Å². The van der Waals surface area contributed by atoms with E-state index in [9.17, 15) is 0 Å². The summed E-state index contributed by atoms with van der Waals surface area (Å²) in [5.41, 5.74) is 3.00. The molecule has 0 fully saturated rings. The number of anilines is 1. The van der Waals surface area contributed by atoms with Crippen molar-refractivity contribution < 1.29 is 14.2 Å². The first-order chi connectivity index (χ1) is 15.5. The number of hydrogen-bond donors (Lipinski definition) is 1. The van der Waals surface area contributed by atoms with Gasteiger partial charge in [0.1, 0.15) is 17.2 Å². The molecule has 0 aliphatic carbocycles. The van der Waals surface area contributed by atoms with Crippen LogP contribution in [0.3, 0.4) is 0 Å². The van der Waals surface area contributed by atoms with Crippen molar-refractivity contribution in [3.05, 3.63) is 66.2 Å². The number of nitrogens with one attached hydrogen (secondary N) is 1. The Morgan fingerprint density at radius 1 is 1.06 bits per heavy atom. The number of ether oxygens (including phenoxy) is 3. The highest BCUT2D eigenvalue weighted by atomic mass is 32.1. The number of benzene rings is 2. The van der Waals surface area contributed by atoms with Gasteiger partial charge < -0.3 is 29.0 Å². The summed E-state index contributed by atoms with van der Waals surface area (Å²) in [6, 6.07) is 11.8. The molecule has 1 heterocycles. The van der Waals surface area contributed by atoms with Crippen LogP contribution in [0.25, 0.3) is 0 Å². The van der Waals surface area contributed by atoms with Gasteiger partial charge in [0.15, 0.2) is 5.11 Å². The molecule has 0 unspecified atom stereocenters. The summed E-state index contributed by atoms with van der Waals surface area (Å²) < 4.78 is 18.5. The fourth-order valence-corrected chi connectivity index (χ4v) is 3.68. The smallest absolute Gasteiger partial charge is 0.173 e. The Bertz CT molecular complexity index is 1020. The third-order valence-electron chi connectivity index (χ3n) is 5.14. The number of imidazole rings is 1. The summed E-state index contributed by atoms with van der Waals surface area (Å²) in [6.07, 6.45) is 6.48. The van der Waals surface area contributed by atoms with Crippen LogP contribution in [0.15, 0.2) is 55.1 Å². The fourth-order valence-electron chi connectivity index (χ4n) is 3.42. The Kier molecular flexibility index (Phi) is 8.33. The van der Waals surface area contributed by atoms with Crippen LogP contribution >= 0.6 is 12.2 Å². The Morgan fingerprint density at radius 3 is 2.56 bits per heavy atom. The Balaban J connectivity index is 1.79. The number of methoxy groups -OCH3 is 3. The standard InChI is InChI=1S/C24H30N4O3S/c1-18-6-9-22(30-3)21(14-18)26-24(32)28(12-5-11-27-13-10-25-17-27)16-19-7-8-20(29-2)15-23(19)31-4/h6-10,13-15,17H,5,11-12,16H2,1-4H3,(H,26,32). The molecule has 7 nitrogen and oxygen atoms in total. The predicted molar refractivity (Wildman–Crippen MR) is 131 cm³/mol. The average molecular weight is 455 g/mol. The van der Waals surface area contributed by atoms with Gasteiger partial charge >= 0.3 is 0 Å². The van der Waals surface area contributed by atoms with Gasteiger partial charge in [-0.2, -0.15) is 0 Å². The van der Waals surface area contributed by atoms with Gasteiger partial charge in [0.05, 0.1) is 33.3 Å². The molecule has 0 atom stereocenters. The molecule has 8 heteroatoms. The van der Waals surface area contributed by atoms with Gasteiger partial charge in [-0.3, -0.25) is 0 Å². The lowest BCUT2D eigenvalue weighted by Crippen LogP contribution is -2.35. The van der Waals surface area contributed by atoms with Crippen molar-refractivity contribution in [1.29, 1.82) is 0 Å². The minimum Gasteiger partial charge on any atom is -0.497 e. The van der Waals surface area contributed by atoms with E-state index in [-0.39, 0.29) is 0 Å². The van der Waals surface area contributed by atoms with E-state index in [1.807, 2.05) is 55.8 Å². The van der Waals surface area contributed by atoms with Crippen molar-refractivity contribution >= 4 is 23.0 Å². The van der Waals surface area contributed by atoms with Crippen molar-refractivity contribution in [3.63, 3.8) is 0 Å². The van der Waals surface area contributed by atoms with E-state index in [4.69, 9.17) is 26.4 Å². The van der Waals surface area contributed by atoms with Crippen molar-refractivity contribution in [2.24, 2.45) is 0 Å². The van der Waals surface area contributed by atoms with Gasteiger partial charge in [0.2, 0.25) is 0 Å². The molecule has 170 valence electrons. The van der Waals surface area contributed by atoms with Gasteiger partial charge in [-0.05, 0) is 55.4 Å². The lowest BCUT2D eigenvalue weighted by atomic mass is 10.1. The number of rotatable bonds is 10.